The second-order valence-electron chi connectivity index (χ2n) is 5.76. The SMILES string of the molecule is O=C(NN1CCOCC1)C(O)(c1ccc(Cl)cc1)c1ccc(Cl)cc1. The van der Waals surface area contributed by atoms with Gasteiger partial charge in [0.2, 0.25) is 0 Å². The average Bonchev–Trinajstić information content (AvgIpc) is 2.63. The zero-order chi connectivity index (χ0) is 17.9. The standard InChI is InChI=1S/C18H18Cl2N2O3/c19-15-5-1-13(2-6-15)18(24,14-3-7-16(20)8-4-14)17(23)21-22-9-11-25-12-10-22/h1-8,24H,9-12H2,(H,21,23). The molecule has 25 heavy (non-hydrogen) atoms. The van der Waals surface area contributed by atoms with Gasteiger partial charge in [-0.2, -0.15) is 0 Å². The highest BCUT2D eigenvalue weighted by molar-refractivity contribution is 6.30. The number of ether oxygens (including phenoxy) is 1. The summed E-state index contributed by atoms with van der Waals surface area (Å²) in [6, 6.07) is 13.1. The van der Waals surface area contributed by atoms with E-state index in [1.807, 2.05) is 0 Å². The highest BCUT2D eigenvalue weighted by Gasteiger charge is 2.41. The predicted molar refractivity (Wildman–Crippen MR) is 96.4 cm³/mol. The van der Waals surface area contributed by atoms with Crippen LogP contribution in [0.2, 0.25) is 10.0 Å². The maximum Gasteiger partial charge on any atom is 0.275 e. The van der Waals surface area contributed by atoms with E-state index in [1.54, 1.807) is 53.5 Å². The summed E-state index contributed by atoms with van der Waals surface area (Å²) in [5.41, 5.74) is 1.76. The highest BCUT2D eigenvalue weighted by atomic mass is 35.5. The van der Waals surface area contributed by atoms with Crippen molar-refractivity contribution in [1.82, 2.24) is 10.4 Å². The lowest BCUT2D eigenvalue weighted by Crippen LogP contribution is -2.55. The Kier molecular flexibility index (Phi) is 5.61. The molecule has 0 saturated carbocycles. The van der Waals surface area contributed by atoms with Gasteiger partial charge in [-0.3, -0.25) is 10.2 Å². The van der Waals surface area contributed by atoms with Gasteiger partial charge in [0.25, 0.3) is 5.91 Å². The third kappa shape index (κ3) is 3.97. The molecule has 2 aromatic rings. The second-order valence-corrected chi connectivity index (χ2v) is 6.64. The van der Waals surface area contributed by atoms with Gasteiger partial charge in [0.15, 0.2) is 5.60 Å². The lowest BCUT2D eigenvalue weighted by molar-refractivity contribution is -0.144. The van der Waals surface area contributed by atoms with Crippen LogP contribution < -0.4 is 5.43 Å². The molecule has 0 atom stereocenters. The van der Waals surface area contributed by atoms with Crippen LogP contribution in [0.15, 0.2) is 48.5 Å². The number of hydrogen-bond acceptors (Lipinski definition) is 4. The van der Waals surface area contributed by atoms with Crippen LogP contribution in [-0.4, -0.2) is 42.3 Å². The molecule has 0 spiro atoms. The molecule has 0 bridgehead atoms. The molecular weight excluding hydrogens is 363 g/mol. The zero-order valence-corrected chi connectivity index (χ0v) is 14.9. The molecule has 0 aliphatic carbocycles. The fraction of sp³-hybridized carbons (Fsp3) is 0.278. The van der Waals surface area contributed by atoms with Crippen LogP contribution in [0.1, 0.15) is 11.1 Å². The Morgan fingerprint density at radius 1 is 0.960 bits per heavy atom. The fourth-order valence-corrected chi connectivity index (χ4v) is 2.96. The topological polar surface area (TPSA) is 61.8 Å². The van der Waals surface area contributed by atoms with E-state index in [1.165, 1.54) is 0 Å². The summed E-state index contributed by atoms with van der Waals surface area (Å²) in [7, 11) is 0. The Bertz CT molecular complexity index is 683. The Morgan fingerprint density at radius 2 is 1.40 bits per heavy atom. The van der Waals surface area contributed by atoms with Crippen LogP contribution in [0.4, 0.5) is 0 Å². The summed E-state index contributed by atoms with van der Waals surface area (Å²) < 4.78 is 5.28. The van der Waals surface area contributed by atoms with Crippen molar-refractivity contribution >= 4 is 29.1 Å². The van der Waals surface area contributed by atoms with Crippen LogP contribution in [-0.2, 0) is 15.1 Å². The molecular formula is C18H18Cl2N2O3. The number of carbonyl (C=O) groups is 1. The van der Waals surface area contributed by atoms with Crippen molar-refractivity contribution in [3.8, 4) is 0 Å². The van der Waals surface area contributed by atoms with Crippen LogP contribution >= 0.6 is 23.2 Å². The van der Waals surface area contributed by atoms with Crippen LogP contribution in [0, 0.1) is 0 Å². The quantitative estimate of drug-likeness (QED) is 0.855. The molecule has 5 nitrogen and oxygen atoms in total. The molecule has 1 aliphatic heterocycles. The minimum atomic E-state index is -1.87. The minimum absolute atomic E-state index is 0.421. The molecule has 0 unspecified atom stereocenters. The van der Waals surface area contributed by atoms with Crippen molar-refractivity contribution in [2.24, 2.45) is 0 Å². The van der Waals surface area contributed by atoms with Gasteiger partial charge < -0.3 is 9.84 Å². The van der Waals surface area contributed by atoms with Gasteiger partial charge in [-0.05, 0) is 35.4 Å². The highest BCUT2D eigenvalue weighted by Crippen LogP contribution is 2.32. The van der Waals surface area contributed by atoms with Crippen molar-refractivity contribution in [3.63, 3.8) is 0 Å². The molecule has 3 rings (SSSR count). The number of hydrazine groups is 1. The third-order valence-electron chi connectivity index (χ3n) is 4.12. The molecule has 0 radical (unpaired) electrons. The van der Waals surface area contributed by atoms with Gasteiger partial charge >= 0.3 is 0 Å². The maximum atomic E-state index is 13.0. The number of amides is 1. The second kappa shape index (κ2) is 7.72. The van der Waals surface area contributed by atoms with E-state index in [4.69, 9.17) is 27.9 Å². The minimum Gasteiger partial charge on any atom is -0.379 e. The van der Waals surface area contributed by atoms with Gasteiger partial charge in [0, 0.05) is 23.1 Å². The lowest BCUT2D eigenvalue weighted by atomic mass is 9.85. The van der Waals surface area contributed by atoms with E-state index >= 15 is 0 Å². The normalized spacial score (nSPS) is 15.8. The summed E-state index contributed by atoms with van der Waals surface area (Å²) in [6.07, 6.45) is 0. The van der Waals surface area contributed by atoms with Gasteiger partial charge in [-0.1, -0.05) is 47.5 Å². The summed E-state index contributed by atoms with van der Waals surface area (Å²) >= 11 is 11.9. The van der Waals surface area contributed by atoms with Crippen LogP contribution in [0.5, 0.6) is 0 Å². The first-order valence-corrected chi connectivity index (χ1v) is 8.64. The Balaban J connectivity index is 1.97. The molecule has 1 saturated heterocycles. The van der Waals surface area contributed by atoms with Gasteiger partial charge in [0.1, 0.15) is 0 Å². The fourth-order valence-electron chi connectivity index (χ4n) is 2.71. The van der Waals surface area contributed by atoms with E-state index in [2.05, 4.69) is 5.43 Å². The third-order valence-corrected chi connectivity index (χ3v) is 4.63. The van der Waals surface area contributed by atoms with Gasteiger partial charge in [-0.25, -0.2) is 5.01 Å². The Labute approximate surface area is 156 Å². The maximum absolute atomic E-state index is 13.0. The Hall–Kier alpha value is -1.63. The first kappa shape index (κ1) is 18.2. The number of carbonyl (C=O) groups excluding carboxylic acids is 1. The van der Waals surface area contributed by atoms with Crippen molar-refractivity contribution in [2.45, 2.75) is 5.60 Å². The van der Waals surface area contributed by atoms with Crippen molar-refractivity contribution in [1.29, 1.82) is 0 Å². The number of morpholine rings is 1. The number of benzene rings is 2. The van der Waals surface area contributed by atoms with Crippen molar-refractivity contribution in [3.05, 3.63) is 69.7 Å². The average molecular weight is 381 g/mol. The molecule has 132 valence electrons. The lowest BCUT2D eigenvalue weighted by Gasteiger charge is -2.33. The van der Waals surface area contributed by atoms with Crippen molar-refractivity contribution in [2.75, 3.05) is 26.3 Å². The van der Waals surface area contributed by atoms with Crippen LogP contribution in [0.3, 0.4) is 0 Å². The van der Waals surface area contributed by atoms with E-state index in [0.29, 0.717) is 47.5 Å². The van der Waals surface area contributed by atoms with E-state index in [-0.39, 0.29) is 0 Å². The summed E-state index contributed by atoms with van der Waals surface area (Å²) in [4.78, 5) is 13.0. The predicted octanol–water partition coefficient (Wildman–Crippen LogP) is 2.59. The summed E-state index contributed by atoms with van der Waals surface area (Å²) in [5, 5.41) is 14.2. The molecule has 2 aromatic carbocycles. The van der Waals surface area contributed by atoms with E-state index in [9.17, 15) is 9.90 Å². The number of hydrogen-bond donors (Lipinski definition) is 2. The number of halogens is 2. The summed E-state index contributed by atoms with van der Waals surface area (Å²) in [5.74, 6) is -0.543. The zero-order valence-electron chi connectivity index (χ0n) is 13.4. The Morgan fingerprint density at radius 3 is 1.84 bits per heavy atom. The molecule has 2 N–H and O–H groups in total. The molecule has 1 amide bonds. The first-order valence-electron chi connectivity index (χ1n) is 7.88. The van der Waals surface area contributed by atoms with Gasteiger partial charge in [0.05, 0.1) is 13.2 Å². The first-order chi connectivity index (χ1) is 12.0. The summed E-state index contributed by atoms with van der Waals surface area (Å²) in [6.45, 7) is 2.17. The van der Waals surface area contributed by atoms with Crippen molar-refractivity contribution < 1.29 is 14.6 Å². The number of aliphatic hydroxyl groups is 1. The van der Waals surface area contributed by atoms with E-state index < -0.39 is 11.5 Å². The van der Waals surface area contributed by atoms with Gasteiger partial charge in [-0.15, -0.1) is 0 Å². The molecule has 0 aromatic heterocycles. The molecule has 7 heteroatoms. The smallest absolute Gasteiger partial charge is 0.275 e. The molecule has 1 aliphatic rings. The van der Waals surface area contributed by atoms with E-state index in [0.717, 1.165) is 0 Å². The number of nitrogens with zero attached hydrogens (tertiary/aromatic N) is 1. The largest absolute Gasteiger partial charge is 0.379 e. The number of rotatable bonds is 4. The molecule has 1 heterocycles. The monoisotopic (exact) mass is 380 g/mol. The molecule has 1 fully saturated rings. The van der Waals surface area contributed by atoms with Crippen LogP contribution in [0.25, 0.3) is 0 Å². The number of nitrogens with one attached hydrogen (secondary N) is 1.